The summed E-state index contributed by atoms with van der Waals surface area (Å²) in [6.07, 6.45) is 0. The maximum Gasteiger partial charge on any atom is 0.252 e. The molecule has 4 aromatic rings. The van der Waals surface area contributed by atoms with Gasteiger partial charge in [0.2, 0.25) is 0 Å². The summed E-state index contributed by atoms with van der Waals surface area (Å²) in [5.74, 6) is -0.154. The highest BCUT2D eigenvalue weighted by atomic mass is 35.5. The lowest BCUT2D eigenvalue weighted by atomic mass is 10.1. The summed E-state index contributed by atoms with van der Waals surface area (Å²) in [5.41, 5.74) is 4.51. The van der Waals surface area contributed by atoms with Crippen LogP contribution in [-0.4, -0.2) is 37.0 Å². The monoisotopic (exact) mass is 428 g/mol. The van der Waals surface area contributed by atoms with Gasteiger partial charge in [-0.1, -0.05) is 17.7 Å². The van der Waals surface area contributed by atoms with Crippen LogP contribution < -0.4 is 5.32 Å². The zero-order chi connectivity index (χ0) is 20.7. The number of rotatable bonds is 5. The second-order valence-corrected chi connectivity index (χ2v) is 8.23. The first-order chi connectivity index (χ1) is 13.9. The first-order valence-corrected chi connectivity index (χ1v) is 10.5. The lowest BCUT2D eigenvalue weighted by Crippen LogP contribution is -2.28. The molecule has 29 heavy (non-hydrogen) atoms. The molecule has 0 bridgehead atoms. The second-order valence-electron chi connectivity index (χ2n) is 6.90. The number of carbonyl (C=O) groups is 1. The van der Waals surface area contributed by atoms with Gasteiger partial charge >= 0.3 is 0 Å². The molecule has 1 amide bonds. The number of aryl methyl sites for hydroxylation is 3. The molecule has 9 heteroatoms. The molecule has 0 radical (unpaired) electrons. The van der Waals surface area contributed by atoms with Gasteiger partial charge in [-0.25, -0.2) is 4.98 Å². The van der Waals surface area contributed by atoms with Crippen LogP contribution in [0.2, 0.25) is 5.02 Å². The minimum atomic E-state index is -0.154. The predicted molar refractivity (Wildman–Crippen MR) is 116 cm³/mol. The molecule has 0 spiro atoms. The molecule has 0 aliphatic heterocycles. The maximum absolute atomic E-state index is 13.1. The van der Waals surface area contributed by atoms with E-state index < -0.39 is 0 Å². The Hall–Kier alpha value is -2.71. The molecule has 4 heterocycles. The summed E-state index contributed by atoms with van der Waals surface area (Å²) in [6, 6.07) is 5.81. The molecule has 4 aromatic heterocycles. The second kappa shape index (κ2) is 7.61. The number of halogens is 1. The van der Waals surface area contributed by atoms with Crippen molar-refractivity contribution in [2.75, 3.05) is 6.54 Å². The zero-order valence-corrected chi connectivity index (χ0v) is 18.2. The molecule has 7 nitrogen and oxygen atoms in total. The Kier molecular flexibility index (Phi) is 5.14. The van der Waals surface area contributed by atoms with Crippen LogP contribution in [0.5, 0.6) is 0 Å². The third kappa shape index (κ3) is 3.54. The fourth-order valence-corrected chi connectivity index (χ4v) is 4.26. The summed E-state index contributed by atoms with van der Waals surface area (Å²) in [5, 5.41) is 15.3. The SMILES string of the molecule is Cc1nn(CCNC(=O)c2cc(-c3cccs3)nc3c2c(C)nn3C)c(C)c1Cl. The number of pyridine rings is 1. The lowest BCUT2D eigenvalue weighted by molar-refractivity contribution is 0.0953. The summed E-state index contributed by atoms with van der Waals surface area (Å²) < 4.78 is 3.53. The van der Waals surface area contributed by atoms with E-state index in [-0.39, 0.29) is 5.91 Å². The van der Waals surface area contributed by atoms with Gasteiger partial charge in [0.1, 0.15) is 0 Å². The van der Waals surface area contributed by atoms with E-state index >= 15 is 0 Å². The van der Waals surface area contributed by atoms with Crippen molar-refractivity contribution >= 4 is 39.9 Å². The van der Waals surface area contributed by atoms with Crippen molar-refractivity contribution in [2.24, 2.45) is 7.05 Å². The molecule has 0 saturated carbocycles. The van der Waals surface area contributed by atoms with Gasteiger partial charge in [-0.2, -0.15) is 10.2 Å². The average Bonchev–Trinajstić information content (AvgIpc) is 3.39. The van der Waals surface area contributed by atoms with Crippen LogP contribution in [-0.2, 0) is 13.6 Å². The van der Waals surface area contributed by atoms with Gasteiger partial charge in [-0.05, 0) is 38.3 Å². The quantitative estimate of drug-likeness (QED) is 0.523. The molecule has 1 N–H and O–H groups in total. The van der Waals surface area contributed by atoms with Crippen LogP contribution >= 0.6 is 22.9 Å². The van der Waals surface area contributed by atoms with E-state index in [0.717, 1.165) is 33.0 Å². The summed E-state index contributed by atoms with van der Waals surface area (Å²) in [4.78, 5) is 18.8. The largest absolute Gasteiger partial charge is 0.350 e. The third-order valence-corrected chi connectivity index (χ3v) is 6.33. The number of aromatic nitrogens is 5. The highest BCUT2D eigenvalue weighted by Crippen LogP contribution is 2.29. The average molecular weight is 429 g/mol. The predicted octanol–water partition coefficient (Wildman–Crippen LogP) is 3.90. The summed E-state index contributed by atoms with van der Waals surface area (Å²) >= 11 is 7.79. The van der Waals surface area contributed by atoms with Crippen LogP contribution in [0.1, 0.15) is 27.4 Å². The van der Waals surface area contributed by atoms with Crippen LogP contribution in [0.3, 0.4) is 0 Å². The number of nitrogens with one attached hydrogen (secondary N) is 1. The van der Waals surface area contributed by atoms with Crippen molar-refractivity contribution < 1.29 is 4.79 Å². The molecule has 4 rings (SSSR count). The van der Waals surface area contributed by atoms with Crippen molar-refractivity contribution in [1.29, 1.82) is 0 Å². The van der Waals surface area contributed by atoms with Crippen molar-refractivity contribution in [3.8, 4) is 10.6 Å². The van der Waals surface area contributed by atoms with Gasteiger partial charge in [0.05, 0.1) is 50.2 Å². The van der Waals surface area contributed by atoms with Crippen LogP contribution in [0.15, 0.2) is 23.6 Å². The topological polar surface area (TPSA) is 77.6 Å². The number of hydrogen-bond donors (Lipinski definition) is 1. The van der Waals surface area contributed by atoms with Crippen molar-refractivity contribution in [3.05, 3.63) is 51.2 Å². The smallest absolute Gasteiger partial charge is 0.252 e. The highest BCUT2D eigenvalue weighted by molar-refractivity contribution is 7.13. The van der Waals surface area contributed by atoms with Gasteiger partial charge in [-0.15, -0.1) is 11.3 Å². The molecule has 0 atom stereocenters. The van der Waals surface area contributed by atoms with Crippen LogP contribution in [0, 0.1) is 20.8 Å². The lowest BCUT2D eigenvalue weighted by Gasteiger charge is -2.09. The molecule has 150 valence electrons. The number of nitrogens with zero attached hydrogens (tertiary/aromatic N) is 5. The minimum absolute atomic E-state index is 0.154. The molecule has 0 saturated heterocycles. The van der Waals surface area contributed by atoms with E-state index in [1.54, 1.807) is 16.0 Å². The maximum atomic E-state index is 13.1. The van der Waals surface area contributed by atoms with Crippen molar-refractivity contribution in [1.82, 2.24) is 29.9 Å². The van der Waals surface area contributed by atoms with E-state index in [2.05, 4.69) is 15.5 Å². The number of fused-ring (bicyclic) bond motifs is 1. The fraction of sp³-hybridized carbons (Fsp3) is 0.300. The Bertz CT molecular complexity index is 1210. The number of amides is 1. The minimum Gasteiger partial charge on any atom is -0.350 e. The van der Waals surface area contributed by atoms with Gasteiger partial charge < -0.3 is 5.32 Å². The highest BCUT2D eigenvalue weighted by Gasteiger charge is 2.19. The zero-order valence-electron chi connectivity index (χ0n) is 16.7. The van der Waals surface area contributed by atoms with E-state index in [9.17, 15) is 4.79 Å². The Morgan fingerprint density at radius 3 is 2.69 bits per heavy atom. The van der Waals surface area contributed by atoms with Gasteiger partial charge in [0.15, 0.2) is 5.65 Å². The van der Waals surface area contributed by atoms with E-state index in [0.29, 0.717) is 29.3 Å². The molecule has 0 fully saturated rings. The van der Waals surface area contributed by atoms with Crippen molar-refractivity contribution in [3.63, 3.8) is 0 Å². The summed E-state index contributed by atoms with van der Waals surface area (Å²) in [7, 11) is 1.84. The molecule has 0 aromatic carbocycles. The van der Waals surface area contributed by atoms with E-state index in [1.807, 2.05) is 56.1 Å². The van der Waals surface area contributed by atoms with Gasteiger partial charge in [0, 0.05) is 13.6 Å². The first kappa shape index (κ1) is 19.6. The van der Waals surface area contributed by atoms with Gasteiger partial charge in [-0.3, -0.25) is 14.2 Å². The Balaban J connectivity index is 1.63. The molecule has 0 aliphatic carbocycles. The standard InChI is InChI=1S/C20H21ClN6OS/c1-11-17-14(20(28)22-7-8-27-13(3)18(21)12(2)25-27)10-15(16-6-5-9-29-16)23-19(17)26(4)24-11/h5-6,9-10H,7-8H2,1-4H3,(H,22,28). The number of thiophene rings is 1. The van der Waals surface area contributed by atoms with Gasteiger partial charge in [0.25, 0.3) is 5.91 Å². The molecule has 0 aliphatic rings. The van der Waals surface area contributed by atoms with Crippen molar-refractivity contribution in [2.45, 2.75) is 27.3 Å². The number of hydrogen-bond acceptors (Lipinski definition) is 5. The Morgan fingerprint density at radius 2 is 2.03 bits per heavy atom. The summed E-state index contributed by atoms with van der Waals surface area (Å²) in [6.45, 7) is 6.67. The van der Waals surface area contributed by atoms with Crippen LogP contribution in [0.25, 0.3) is 21.6 Å². The molecular weight excluding hydrogens is 408 g/mol. The number of carbonyl (C=O) groups excluding carboxylic acids is 1. The van der Waals surface area contributed by atoms with E-state index in [4.69, 9.17) is 16.6 Å². The normalized spacial score (nSPS) is 11.3. The first-order valence-electron chi connectivity index (χ1n) is 9.22. The molecule has 0 unspecified atom stereocenters. The van der Waals surface area contributed by atoms with E-state index in [1.165, 1.54) is 0 Å². The van der Waals surface area contributed by atoms with Crippen LogP contribution in [0.4, 0.5) is 0 Å². The fourth-order valence-electron chi connectivity index (χ4n) is 3.44. The third-order valence-electron chi connectivity index (χ3n) is 4.89. The Morgan fingerprint density at radius 1 is 1.24 bits per heavy atom. The Labute approximate surface area is 177 Å². The molecular formula is C20H21ClN6OS.